The second-order valence-electron chi connectivity index (χ2n) is 5.10. The van der Waals surface area contributed by atoms with E-state index in [2.05, 4.69) is 11.4 Å². The van der Waals surface area contributed by atoms with Gasteiger partial charge < -0.3 is 5.32 Å². The molecule has 0 aliphatic carbocycles. The molecule has 0 atom stereocenters. The third kappa shape index (κ3) is 2.76. The molecule has 2 aromatic carbocycles. The SMILES string of the molecule is O=S(=O)(Cc1ccc2c(c1)CNCC2)c1ccccc1. The van der Waals surface area contributed by atoms with Crippen molar-refractivity contribution in [2.45, 2.75) is 23.6 Å². The van der Waals surface area contributed by atoms with E-state index < -0.39 is 9.84 Å². The van der Waals surface area contributed by atoms with E-state index in [1.54, 1.807) is 24.3 Å². The molecule has 0 fully saturated rings. The first-order valence-electron chi connectivity index (χ1n) is 6.74. The summed E-state index contributed by atoms with van der Waals surface area (Å²) in [7, 11) is -3.26. The minimum absolute atomic E-state index is 0.0598. The Morgan fingerprint density at radius 3 is 2.60 bits per heavy atom. The lowest BCUT2D eigenvalue weighted by atomic mass is 9.99. The summed E-state index contributed by atoms with van der Waals surface area (Å²) in [5, 5.41) is 3.31. The normalized spacial score (nSPS) is 14.8. The first kappa shape index (κ1) is 13.3. The molecule has 0 amide bonds. The monoisotopic (exact) mass is 287 g/mol. The van der Waals surface area contributed by atoms with Crippen molar-refractivity contribution in [2.24, 2.45) is 0 Å². The molecule has 0 bridgehead atoms. The molecule has 0 spiro atoms. The van der Waals surface area contributed by atoms with Gasteiger partial charge in [0.25, 0.3) is 0 Å². The highest BCUT2D eigenvalue weighted by atomic mass is 32.2. The highest BCUT2D eigenvalue weighted by Gasteiger charge is 2.16. The van der Waals surface area contributed by atoms with Crippen molar-refractivity contribution in [3.05, 3.63) is 65.2 Å². The fourth-order valence-electron chi connectivity index (χ4n) is 2.55. The summed E-state index contributed by atoms with van der Waals surface area (Å²) >= 11 is 0. The lowest BCUT2D eigenvalue weighted by Crippen LogP contribution is -2.23. The van der Waals surface area contributed by atoms with E-state index in [0.29, 0.717) is 4.90 Å². The van der Waals surface area contributed by atoms with Crippen LogP contribution in [0.4, 0.5) is 0 Å². The van der Waals surface area contributed by atoms with Gasteiger partial charge >= 0.3 is 0 Å². The van der Waals surface area contributed by atoms with Gasteiger partial charge in [-0.15, -0.1) is 0 Å². The van der Waals surface area contributed by atoms with E-state index in [1.165, 1.54) is 11.1 Å². The molecule has 0 unspecified atom stereocenters. The Bertz CT molecular complexity index is 709. The van der Waals surface area contributed by atoms with Crippen LogP contribution in [0.15, 0.2) is 53.4 Å². The van der Waals surface area contributed by atoms with Crippen LogP contribution in [0.2, 0.25) is 0 Å². The predicted molar refractivity (Wildman–Crippen MR) is 79.2 cm³/mol. The number of sulfone groups is 1. The molecular weight excluding hydrogens is 270 g/mol. The van der Waals surface area contributed by atoms with Crippen LogP contribution in [0.3, 0.4) is 0 Å². The van der Waals surface area contributed by atoms with Crippen molar-refractivity contribution in [1.82, 2.24) is 5.32 Å². The molecule has 0 saturated carbocycles. The van der Waals surface area contributed by atoms with Gasteiger partial charge in [0.15, 0.2) is 9.84 Å². The highest BCUT2D eigenvalue weighted by Crippen LogP contribution is 2.20. The molecule has 0 saturated heterocycles. The maximum Gasteiger partial charge on any atom is 0.182 e. The average Bonchev–Trinajstić information content (AvgIpc) is 2.48. The van der Waals surface area contributed by atoms with E-state index in [0.717, 1.165) is 25.1 Å². The fraction of sp³-hybridized carbons (Fsp3) is 0.250. The summed E-state index contributed by atoms with van der Waals surface area (Å²) in [6.45, 7) is 1.82. The van der Waals surface area contributed by atoms with Gasteiger partial charge in [0.05, 0.1) is 10.6 Å². The zero-order chi connectivity index (χ0) is 14.0. The van der Waals surface area contributed by atoms with Crippen LogP contribution >= 0.6 is 0 Å². The van der Waals surface area contributed by atoms with Crippen molar-refractivity contribution >= 4 is 9.84 Å². The van der Waals surface area contributed by atoms with E-state index in [4.69, 9.17) is 0 Å². The van der Waals surface area contributed by atoms with E-state index in [9.17, 15) is 8.42 Å². The van der Waals surface area contributed by atoms with E-state index in [1.807, 2.05) is 18.2 Å². The minimum Gasteiger partial charge on any atom is -0.312 e. The first-order chi connectivity index (χ1) is 9.65. The van der Waals surface area contributed by atoms with Crippen LogP contribution in [-0.2, 0) is 28.6 Å². The fourth-order valence-corrected chi connectivity index (χ4v) is 3.91. The Kier molecular flexibility index (Phi) is 3.59. The Hall–Kier alpha value is -1.65. The van der Waals surface area contributed by atoms with Gasteiger partial charge in [-0.2, -0.15) is 0 Å². The summed E-state index contributed by atoms with van der Waals surface area (Å²) in [4.78, 5) is 0.385. The number of benzene rings is 2. The summed E-state index contributed by atoms with van der Waals surface area (Å²) in [6.07, 6.45) is 1.01. The number of hydrogen-bond acceptors (Lipinski definition) is 3. The third-order valence-electron chi connectivity index (χ3n) is 3.62. The Morgan fingerprint density at radius 1 is 1.00 bits per heavy atom. The lowest BCUT2D eigenvalue weighted by molar-refractivity contribution is 0.595. The molecule has 3 nitrogen and oxygen atoms in total. The first-order valence-corrected chi connectivity index (χ1v) is 8.39. The minimum atomic E-state index is -3.26. The molecule has 1 aliphatic rings. The van der Waals surface area contributed by atoms with Gasteiger partial charge in [-0.3, -0.25) is 0 Å². The van der Waals surface area contributed by atoms with Crippen molar-refractivity contribution in [3.63, 3.8) is 0 Å². The molecular formula is C16H17NO2S. The van der Waals surface area contributed by atoms with Crippen LogP contribution in [-0.4, -0.2) is 15.0 Å². The second-order valence-corrected chi connectivity index (χ2v) is 7.09. The van der Waals surface area contributed by atoms with Gasteiger partial charge in [-0.25, -0.2) is 8.42 Å². The molecule has 20 heavy (non-hydrogen) atoms. The van der Waals surface area contributed by atoms with Crippen LogP contribution in [0.1, 0.15) is 16.7 Å². The summed E-state index contributed by atoms with van der Waals surface area (Å²) in [6, 6.07) is 14.6. The standard InChI is InChI=1S/C16H17NO2S/c18-20(19,16-4-2-1-3-5-16)12-13-6-7-14-8-9-17-11-15(14)10-13/h1-7,10,17H,8-9,11-12H2. The van der Waals surface area contributed by atoms with Gasteiger partial charge in [0, 0.05) is 6.54 Å². The van der Waals surface area contributed by atoms with Crippen LogP contribution in [0.5, 0.6) is 0 Å². The molecule has 104 valence electrons. The van der Waals surface area contributed by atoms with Gasteiger partial charge in [0.1, 0.15) is 0 Å². The number of hydrogen-bond donors (Lipinski definition) is 1. The molecule has 0 radical (unpaired) electrons. The zero-order valence-electron chi connectivity index (χ0n) is 11.2. The predicted octanol–water partition coefficient (Wildman–Crippen LogP) is 2.31. The number of rotatable bonds is 3. The van der Waals surface area contributed by atoms with Crippen LogP contribution in [0, 0.1) is 0 Å². The topological polar surface area (TPSA) is 46.2 Å². The Balaban J connectivity index is 1.88. The third-order valence-corrected chi connectivity index (χ3v) is 5.32. The number of nitrogens with one attached hydrogen (secondary N) is 1. The summed E-state index contributed by atoms with van der Waals surface area (Å²) < 4.78 is 24.7. The van der Waals surface area contributed by atoms with E-state index >= 15 is 0 Å². The molecule has 1 aliphatic heterocycles. The molecule has 3 rings (SSSR count). The molecule has 2 aromatic rings. The van der Waals surface area contributed by atoms with Crippen LogP contribution < -0.4 is 5.32 Å². The molecule has 1 N–H and O–H groups in total. The summed E-state index contributed by atoms with van der Waals surface area (Å²) in [5.74, 6) is 0.0598. The zero-order valence-corrected chi connectivity index (χ0v) is 12.0. The Labute approximate surface area is 119 Å². The lowest BCUT2D eigenvalue weighted by Gasteiger charge is -2.17. The van der Waals surface area contributed by atoms with Crippen LogP contribution in [0.25, 0.3) is 0 Å². The van der Waals surface area contributed by atoms with Crippen molar-refractivity contribution in [1.29, 1.82) is 0 Å². The smallest absolute Gasteiger partial charge is 0.182 e. The van der Waals surface area contributed by atoms with Crippen molar-refractivity contribution in [2.75, 3.05) is 6.54 Å². The number of fused-ring (bicyclic) bond motifs is 1. The Morgan fingerprint density at radius 2 is 1.80 bits per heavy atom. The second kappa shape index (κ2) is 5.38. The average molecular weight is 287 g/mol. The quantitative estimate of drug-likeness (QED) is 0.942. The van der Waals surface area contributed by atoms with Gasteiger partial charge in [-0.05, 0) is 41.8 Å². The highest BCUT2D eigenvalue weighted by molar-refractivity contribution is 7.90. The molecule has 1 heterocycles. The molecule has 0 aromatic heterocycles. The molecule has 4 heteroatoms. The van der Waals surface area contributed by atoms with Crippen molar-refractivity contribution < 1.29 is 8.42 Å². The maximum absolute atomic E-state index is 12.4. The van der Waals surface area contributed by atoms with Gasteiger partial charge in [0.2, 0.25) is 0 Å². The van der Waals surface area contributed by atoms with Gasteiger partial charge in [-0.1, -0.05) is 36.4 Å². The maximum atomic E-state index is 12.4. The van der Waals surface area contributed by atoms with Crippen molar-refractivity contribution in [3.8, 4) is 0 Å². The van der Waals surface area contributed by atoms with E-state index in [-0.39, 0.29) is 5.75 Å². The summed E-state index contributed by atoms with van der Waals surface area (Å²) in [5.41, 5.74) is 3.40. The largest absolute Gasteiger partial charge is 0.312 e.